The van der Waals surface area contributed by atoms with Gasteiger partial charge >= 0.3 is 0 Å². The summed E-state index contributed by atoms with van der Waals surface area (Å²) >= 11 is 0. The molecule has 1 N–H and O–H groups in total. The van der Waals surface area contributed by atoms with Gasteiger partial charge in [-0.3, -0.25) is 14.4 Å². The number of nitrogens with zero attached hydrogens (tertiary/aromatic N) is 1. The zero-order valence-corrected chi connectivity index (χ0v) is 18.5. The van der Waals surface area contributed by atoms with Gasteiger partial charge in [0.25, 0.3) is 11.8 Å². The summed E-state index contributed by atoms with van der Waals surface area (Å²) in [7, 11) is 1.60. The van der Waals surface area contributed by atoms with E-state index in [0.29, 0.717) is 60.0 Å². The van der Waals surface area contributed by atoms with Gasteiger partial charge in [-0.25, -0.2) is 0 Å². The molecule has 0 radical (unpaired) electrons. The summed E-state index contributed by atoms with van der Waals surface area (Å²) in [5, 5.41) is 3.59. The van der Waals surface area contributed by atoms with Gasteiger partial charge in [-0.05, 0) is 56.2 Å². The molecule has 170 valence electrons. The van der Waals surface area contributed by atoms with E-state index in [0.717, 1.165) is 10.9 Å². The molecule has 0 spiro atoms. The highest BCUT2D eigenvalue weighted by molar-refractivity contribution is 6.02. The van der Waals surface area contributed by atoms with Gasteiger partial charge in [0.05, 0.1) is 12.8 Å². The zero-order chi connectivity index (χ0) is 23.1. The van der Waals surface area contributed by atoms with Crippen molar-refractivity contribution >= 4 is 34.3 Å². The van der Waals surface area contributed by atoms with Crippen molar-refractivity contribution < 1.29 is 28.3 Å². The third kappa shape index (κ3) is 3.82. The summed E-state index contributed by atoms with van der Waals surface area (Å²) in [6, 6.07) is 10.6. The van der Waals surface area contributed by atoms with Gasteiger partial charge in [-0.1, -0.05) is 0 Å². The molecule has 8 heteroatoms. The molecule has 2 amide bonds. The van der Waals surface area contributed by atoms with E-state index >= 15 is 0 Å². The number of piperidine rings is 1. The number of carbonyl (C=O) groups is 3. The van der Waals surface area contributed by atoms with E-state index in [1.165, 1.54) is 0 Å². The number of methoxy groups -OCH3 is 1. The van der Waals surface area contributed by atoms with Crippen molar-refractivity contribution in [1.82, 2.24) is 4.90 Å². The second-order valence-corrected chi connectivity index (χ2v) is 8.40. The molecule has 0 aliphatic carbocycles. The number of furan rings is 1. The highest BCUT2D eigenvalue weighted by Gasteiger charge is 2.31. The molecular weight excluding hydrogens is 424 g/mol. The maximum Gasteiger partial charge on any atom is 0.289 e. The van der Waals surface area contributed by atoms with E-state index in [2.05, 4.69) is 5.32 Å². The van der Waals surface area contributed by atoms with E-state index in [1.54, 1.807) is 42.3 Å². The lowest BCUT2D eigenvalue weighted by Gasteiger charge is -2.31. The van der Waals surface area contributed by atoms with Crippen LogP contribution in [0.4, 0.5) is 5.69 Å². The number of likely N-dealkylation sites (tertiary alicyclic amines) is 1. The first-order valence-electron chi connectivity index (χ1n) is 10.9. The van der Waals surface area contributed by atoms with Crippen molar-refractivity contribution in [1.29, 1.82) is 0 Å². The van der Waals surface area contributed by atoms with Gasteiger partial charge in [0.15, 0.2) is 18.2 Å². The standard InChI is InChI=1S/C25H24N2O6/c1-14-18-12-17(31-2)4-6-20(18)33-24(14)25(30)27-9-7-15(8-10-27)23(29)16-3-5-21-19(11-16)26-22(28)13-32-21/h3-6,11-12,15H,7-10,13H2,1-2H3,(H,26,28). The molecular formula is C25H24N2O6. The summed E-state index contributed by atoms with van der Waals surface area (Å²) in [5.41, 5.74) is 2.48. The second-order valence-electron chi connectivity index (χ2n) is 8.40. The molecule has 0 unspecified atom stereocenters. The number of amides is 2. The van der Waals surface area contributed by atoms with Gasteiger partial charge in [0, 0.05) is 35.5 Å². The fourth-order valence-electron chi connectivity index (χ4n) is 4.49. The van der Waals surface area contributed by atoms with Crippen LogP contribution in [-0.2, 0) is 4.79 Å². The minimum Gasteiger partial charge on any atom is -0.497 e. The fourth-order valence-corrected chi connectivity index (χ4v) is 4.49. The Morgan fingerprint density at radius 1 is 1.12 bits per heavy atom. The van der Waals surface area contributed by atoms with Gasteiger partial charge in [0.1, 0.15) is 17.1 Å². The number of nitrogens with one attached hydrogen (secondary N) is 1. The average molecular weight is 448 g/mol. The molecule has 0 saturated carbocycles. The highest BCUT2D eigenvalue weighted by Crippen LogP contribution is 2.32. The number of rotatable bonds is 4. The monoisotopic (exact) mass is 448 g/mol. The SMILES string of the molecule is COc1ccc2oc(C(=O)N3CCC(C(=O)c4ccc5c(c4)NC(=O)CO5)CC3)c(C)c2c1. The molecule has 1 fully saturated rings. The van der Waals surface area contributed by atoms with Gasteiger partial charge < -0.3 is 24.1 Å². The quantitative estimate of drug-likeness (QED) is 0.610. The normalized spacial score (nSPS) is 16.2. The number of ketones is 1. The molecule has 2 aromatic carbocycles. The molecule has 3 heterocycles. The number of ether oxygens (including phenoxy) is 2. The summed E-state index contributed by atoms with van der Waals surface area (Å²) in [6.07, 6.45) is 1.13. The topological polar surface area (TPSA) is 98.1 Å². The van der Waals surface area contributed by atoms with Gasteiger partial charge in [-0.15, -0.1) is 0 Å². The number of Topliss-reactive ketones (excluding diaryl/α,β-unsaturated/α-hetero) is 1. The third-order valence-corrected chi connectivity index (χ3v) is 6.39. The minimum absolute atomic E-state index is 0.0109. The maximum atomic E-state index is 13.1. The van der Waals surface area contributed by atoms with Crippen molar-refractivity contribution in [2.24, 2.45) is 5.92 Å². The number of fused-ring (bicyclic) bond motifs is 2. The van der Waals surface area contributed by atoms with Crippen LogP contribution >= 0.6 is 0 Å². The molecule has 1 aromatic heterocycles. The fraction of sp³-hybridized carbons (Fsp3) is 0.320. The first-order chi connectivity index (χ1) is 15.9. The van der Waals surface area contributed by atoms with E-state index in [9.17, 15) is 14.4 Å². The lowest BCUT2D eigenvalue weighted by molar-refractivity contribution is -0.118. The van der Waals surface area contributed by atoms with Crippen LogP contribution in [0.3, 0.4) is 0 Å². The zero-order valence-electron chi connectivity index (χ0n) is 18.5. The van der Waals surface area contributed by atoms with Gasteiger partial charge in [-0.2, -0.15) is 0 Å². The Hall–Kier alpha value is -3.81. The van der Waals surface area contributed by atoms with Crippen LogP contribution in [0.2, 0.25) is 0 Å². The van der Waals surface area contributed by atoms with Crippen molar-refractivity contribution in [3.8, 4) is 11.5 Å². The Labute approximate surface area is 190 Å². The van der Waals surface area contributed by atoms with Crippen molar-refractivity contribution in [2.75, 3.05) is 32.1 Å². The molecule has 1 saturated heterocycles. The van der Waals surface area contributed by atoms with Crippen LogP contribution in [0.15, 0.2) is 40.8 Å². The summed E-state index contributed by atoms with van der Waals surface area (Å²) in [5.74, 6) is 1.02. The summed E-state index contributed by atoms with van der Waals surface area (Å²) < 4.78 is 16.5. The van der Waals surface area contributed by atoms with Gasteiger partial charge in [0.2, 0.25) is 0 Å². The van der Waals surface area contributed by atoms with Crippen LogP contribution in [0, 0.1) is 12.8 Å². The average Bonchev–Trinajstić information content (AvgIpc) is 3.18. The van der Waals surface area contributed by atoms with E-state index in [1.807, 2.05) is 13.0 Å². The smallest absolute Gasteiger partial charge is 0.289 e. The Morgan fingerprint density at radius 2 is 1.91 bits per heavy atom. The van der Waals surface area contributed by atoms with Crippen molar-refractivity contribution in [3.05, 3.63) is 53.3 Å². The minimum atomic E-state index is -0.238. The van der Waals surface area contributed by atoms with Crippen molar-refractivity contribution in [3.63, 3.8) is 0 Å². The number of carbonyl (C=O) groups excluding carboxylic acids is 3. The molecule has 2 aliphatic heterocycles. The number of benzene rings is 2. The van der Waals surface area contributed by atoms with E-state index in [4.69, 9.17) is 13.9 Å². The number of aryl methyl sites for hydroxylation is 1. The van der Waals surface area contributed by atoms with Crippen LogP contribution < -0.4 is 14.8 Å². The number of hydrogen-bond acceptors (Lipinski definition) is 6. The Kier molecular flexibility index (Phi) is 5.28. The van der Waals surface area contributed by atoms with Crippen molar-refractivity contribution in [2.45, 2.75) is 19.8 Å². The Balaban J connectivity index is 1.27. The van der Waals surface area contributed by atoms with Crippen LogP contribution in [0.25, 0.3) is 11.0 Å². The van der Waals surface area contributed by atoms with Crippen LogP contribution in [0.5, 0.6) is 11.5 Å². The van der Waals surface area contributed by atoms with Crippen LogP contribution in [0.1, 0.15) is 39.3 Å². The Bertz CT molecular complexity index is 1270. The number of anilines is 1. The summed E-state index contributed by atoms with van der Waals surface area (Å²) in [6.45, 7) is 2.79. The lowest BCUT2D eigenvalue weighted by atomic mass is 9.88. The van der Waals surface area contributed by atoms with E-state index in [-0.39, 0.29) is 30.1 Å². The highest BCUT2D eigenvalue weighted by atomic mass is 16.5. The first-order valence-corrected chi connectivity index (χ1v) is 10.9. The first kappa shape index (κ1) is 21.1. The third-order valence-electron chi connectivity index (χ3n) is 6.39. The molecule has 3 aromatic rings. The molecule has 0 atom stereocenters. The molecule has 8 nitrogen and oxygen atoms in total. The number of hydrogen-bond donors (Lipinski definition) is 1. The molecule has 5 rings (SSSR count). The lowest BCUT2D eigenvalue weighted by Crippen LogP contribution is -2.40. The predicted octanol–water partition coefficient (Wildman–Crippen LogP) is 3.82. The maximum absolute atomic E-state index is 13.1. The molecule has 2 aliphatic rings. The summed E-state index contributed by atoms with van der Waals surface area (Å²) in [4.78, 5) is 39.5. The molecule has 0 bridgehead atoms. The Morgan fingerprint density at radius 3 is 2.67 bits per heavy atom. The molecule has 33 heavy (non-hydrogen) atoms. The van der Waals surface area contributed by atoms with E-state index < -0.39 is 0 Å². The largest absolute Gasteiger partial charge is 0.497 e. The second kappa shape index (κ2) is 8.27. The predicted molar refractivity (Wildman–Crippen MR) is 121 cm³/mol. The van der Waals surface area contributed by atoms with Crippen LogP contribution in [-0.4, -0.2) is 49.3 Å².